The average molecular weight is 493 g/mol. The Morgan fingerprint density at radius 3 is 2.47 bits per heavy atom. The summed E-state index contributed by atoms with van der Waals surface area (Å²) in [6, 6.07) is 8.39. The molecule has 0 bridgehead atoms. The van der Waals surface area contributed by atoms with Crippen LogP contribution in [0.25, 0.3) is 0 Å². The molecule has 2 fully saturated rings. The topological polar surface area (TPSA) is 128 Å². The molecule has 0 saturated carbocycles. The molecule has 2 saturated heterocycles. The summed E-state index contributed by atoms with van der Waals surface area (Å²) in [4.78, 5) is 50.8. The Morgan fingerprint density at radius 1 is 1.09 bits per heavy atom. The summed E-state index contributed by atoms with van der Waals surface area (Å²) in [5.74, 6) is -2.15. The molecule has 2 aliphatic heterocycles. The normalized spacial score (nSPS) is 19.6. The number of nitrogens with zero attached hydrogens (tertiary/aromatic N) is 1. The third-order valence-corrected chi connectivity index (χ3v) is 6.04. The molecule has 9 nitrogen and oxygen atoms in total. The largest absolute Gasteiger partial charge is 0.481 e. The van der Waals surface area contributed by atoms with Gasteiger partial charge in [0.15, 0.2) is 0 Å². The van der Waals surface area contributed by atoms with Gasteiger partial charge in [0, 0.05) is 18.7 Å². The van der Waals surface area contributed by atoms with Gasteiger partial charge >= 0.3 is 5.97 Å². The number of carbonyl (C=O) groups excluding carboxylic acids is 3. The van der Waals surface area contributed by atoms with E-state index in [0.717, 1.165) is 25.9 Å². The lowest BCUT2D eigenvalue weighted by molar-refractivity contribution is -0.138. The van der Waals surface area contributed by atoms with E-state index in [1.807, 2.05) is 6.08 Å². The van der Waals surface area contributed by atoms with Gasteiger partial charge in [-0.1, -0.05) is 24.3 Å². The molecular weight excluding hydrogens is 460 g/mol. The Balaban J connectivity index is 0.00000408. The Morgan fingerprint density at radius 2 is 1.79 bits per heavy atom. The molecule has 2 aliphatic rings. The highest BCUT2D eigenvalue weighted by molar-refractivity contribution is 5.95. The van der Waals surface area contributed by atoms with E-state index in [1.54, 1.807) is 41.3 Å². The van der Waals surface area contributed by atoms with E-state index in [-0.39, 0.29) is 30.8 Å². The van der Waals surface area contributed by atoms with E-state index < -0.39 is 30.4 Å². The molecule has 3 amide bonds. The quantitative estimate of drug-likeness (QED) is 0.322. The van der Waals surface area contributed by atoms with Gasteiger partial charge in [0.1, 0.15) is 6.17 Å². The first-order chi connectivity index (χ1) is 15.9. The van der Waals surface area contributed by atoms with Crippen molar-refractivity contribution in [2.45, 2.75) is 38.3 Å². The zero-order chi connectivity index (χ0) is 23.6. The second kappa shape index (κ2) is 13.7. The van der Waals surface area contributed by atoms with Crippen molar-refractivity contribution in [1.82, 2.24) is 20.9 Å². The highest BCUT2D eigenvalue weighted by Gasteiger charge is 2.30. The van der Waals surface area contributed by atoms with Crippen molar-refractivity contribution in [3.05, 3.63) is 48.0 Å². The molecule has 3 rings (SSSR count). The summed E-state index contributed by atoms with van der Waals surface area (Å²) < 4.78 is 0. The van der Waals surface area contributed by atoms with Gasteiger partial charge in [-0.2, -0.15) is 0 Å². The summed E-state index contributed by atoms with van der Waals surface area (Å²) in [5.41, 5.74) is 0.372. The second-order valence-corrected chi connectivity index (χ2v) is 8.57. The molecule has 4 N–H and O–H groups in total. The molecule has 0 spiro atoms. The maximum atomic E-state index is 12.9. The number of aliphatic carboxylic acids is 1. The number of nitrogens with one attached hydrogen (secondary N) is 3. The monoisotopic (exact) mass is 492 g/mol. The molecule has 0 aliphatic carbocycles. The van der Waals surface area contributed by atoms with Crippen LogP contribution in [0.2, 0.25) is 0 Å². The van der Waals surface area contributed by atoms with Gasteiger partial charge in [-0.15, -0.1) is 12.4 Å². The maximum Gasteiger partial charge on any atom is 0.307 e. The van der Waals surface area contributed by atoms with Crippen molar-refractivity contribution in [3.8, 4) is 0 Å². The van der Waals surface area contributed by atoms with Crippen LogP contribution in [0.4, 0.5) is 0 Å². The van der Waals surface area contributed by atoms with Crippen molar-refractivity contribution in [2.75, 3.05) is 26.2 Å². The molecule has 2 heterocycles. The number of amides is 3. The lowest BCUT2D eigenvalue weighted by Gasteiger charge is -2.32. The minimum atomic E-state index is -1.14. The predicted octanol–water partition coefficient (Wildman–Crippen LogP) is 1.55. The maximum absolute atomic E-state index is 12.9. The van der Waals surface area contributed by atoms with Crippen molar-refractivity contribution in [2.24, 2.45) is 11.8 Å². The number of hydrogen-bond donors (Lipinski definition) is 4. The van der Waals surface area contributed by atoms with E-state index in [1.165, 1.54) is 0 Å². The van der Waals surface area contributed by atoms with Gasteiger partial charge in [-0.05, 0) is 62.9 Å². The van der Waals surface area contributed by atoms with Crippen LogP contribution in [0.5, 0.6) is 0 Å². The van der Waals surface area contributed by atoms with E-state index in [0.29, 0.717) is 30.9 Å². The fraction of sp³-hybridized carbons (Fsp3) is 0.500. The number of rotatable bonds is 8. The summed E-state index contributed by atoms with van der Waals surface area (Å²) in [7, 11) is 0. The molecule has 1 aromatic carbocycles. The Hall–Kier alpha value is -2.91. The van der Waals surface area contributed by atoms with Gasteiger partial charge in [-0.3, -0.25) is 19.2 Å². The second-order valence-electron chi connectivity index (χ2n) is 8.57. The van der Waals surface area contributed by atoms with Crippen LogP contribution in [0.1, 0.15) is 42.5 Å². The number of carbonyl (C=O) groups is 4. The number of carboxylic acids is 1. The van der Waals surface area contributed by atoms with Crippen LogP contribution < -0.4 is 16.0 Å². The van der Waals surface area contributed by atoms with Crippen molar-refractivity contribution in [1.29, 1.82) is 0 Å². The van der Waals surface area contributed by atoms with Crippen molar-refractivity contribution in [3.63, 3.8) is 0 Å². The number of carboxylic acid groups (broad SMARTS) is 1. The highest BCUT2D eigenvalue weighted by Crippen LogP contribution is 2.18. The fourth-order valence-electron chi connectivity index (χ4n) is 4.19. The zero-order valence-electron chi connectivity index (χ0n) is 19.1. The Labute approximate surface area is 205 Å². The molecule has 1 aromatic rings. The van der Waals surface area contributed by atoms with Gasteiger partial charge in [-0.25, -0.2) is 0 Å². The number of hydrogen-bond acceptors (Lipinski definition) is 5. The average Bonchev–Trinajstić information content (AvgIpc) is 2.83. The molecule has 0 unspecified atom stereocenters. The summed E-state index contributed by atoms with van der Waals surface area (Å²) in [6.07, 6.45) is 5.39. The Kier molecular flexibility index (Phi) is 11.0. The first-order valence-electron chi connectivity index (χ1n) is 11.5. The first kappa shape index (κ1) is 27.3. The molecule has 34 heavy (non-hydrogen) atoms. The molecule has 0 aromatic heterocycles. The van der Waals surface area contributed by atoms with Crippen LogP contribution in [-0.2, 0) is 14.4 Å². The van der Waals surface area contributed by atoms with Gasteiger partial charge in [0.25, 0.3) is 5.91 Å². The lowest BCUT2D eigenvalue weighted by Crippen LogP contribution is -2.53. The molecule has 0 radical (unpaired) electrons. The van der Waals surface area contributed by atoms with Crippen molar-refractivity contribution >= 4 is 36.1 Å². The number of benzene rings is 1. The van der Waals surface area contributed by atoms with Crippen LogP contribution >= 0.6 is 12.4 Å². The van der Waals surface area contributed by atoms with Gasteiger partial charge < -0.3 is 26.0 Å². The molecular formula is C24H33ClN4O5. The Bertz CT molecular complexity index is 873. The number of likely N-dealkylation sites (tertiary alicyclic amines) is 1. The van der Waals surface area contributed by atoms with Gasteiger partial charge in [0.2, 0.25) is 11.8 Å². The molecule has 186 valence electrons. The summed E-state index contributed by atoms with van der Waals surface area (Å²) in [6.45, 7) is 2.76. The number of allylic oxidation sites excluding steroid dienone is 1. The van der Waals surface area contributed by atoms with Crippen LogP contribution in [0, 0.1) is 11.8 Å². The number of piperidine rings is 2. The fourth-order valence-corrected chi connectivity index (χ4v) is 4.19. The minimum absolute atomic E-state index is 0. The third kappa shape index (κ3) is 8.46. The first-order valence-corrected chi connectivity index (χ1v) is 11.5. The smallest absolute Gasteiger partial charge is 0.307 e. The standard InChI is InChI=1S/C24H32N4O5.ClH/c29-21(9-8-17-10-12-25-13-11-17)28-14-4-7-19(16-28)24(33)27-20(15-22(30)31)26-23(32)18-5-2-1-3-6-18;/h1-3,5-6,8-9,17,19-20,25H,4,7,10-16H2,(H,26,32)(H,27,33)(H,30,31);1H/b9-8+;/t19-,20-;/m1./s1. The third-order valence-electron chi connectivity index (χ3n) is 6.04. The highest BCUT2D eigenvalue weighted by atomic mass is 35.5. The minimum Gasteiger partial charge on any atom is -0.481 e. The lowest BCUT2D eigenvalue weighted by atomic mass is 9.96. The van der Waals surface area contributed by atoms with Crippen LogP contribution in [-0.4, -0.2) is 66.0 Å². The zero-order valence-corrected chi connectivity index (χ0v) is 19.9. The van der Waals surface area contributed by atoms with E-state index in [2.05, 4.69) is 16.0 Å². The summed E-state index contributed by atoms with van der Waals surface area (Å²) >= 11 is 0. The molecule has 10 heteroatoms. The number of halogens is 1. The van der Waals surface area contributed by atoms with E-state index >= 15 is 0 Å². The molecule has 2 atom stereocenters. The summed E-state index contributed by atoms with van der Waals surface area (Å²) in [5, 5.41) is 17.7. The SMILES string of the molecule is Cl.O=C(O)C[C@H](NC(=O)c1ccccc1)NC(=O)[C@@H]1CCCN(C(=O)/C=C/C2CCNCC2)C1. The predicted molar refractivity (Wildman–Crippen MR) is 129 cm³/mol. The van der Waals surface area contributed by atoms with Crippen molar-refractivity contribution < 1.29 is 24.3 Å². The van der Waals surface area contributed by atoms with E-state index in [9.17, 15) is 24.3 Å². The van der Waals surface area contributed by atoms with Crippen LogP contribution in [0.15, 0.2) is 42.5 Å². The van der Waals surface area contributed by atoms with Gasteiger partial charge in [0.05, 0.1) is 12.3 Å². The van der Waals surface area contributed by atoms with Crippen LogP contribution in [0.3, 0.4) is 0 Å². The van der Waals surface area contributed by atoms with E-state index in [4.69, 9.17) is 0 Å².